The summed E-state index contributed by atoms with van der Waals surface area (Å²) in [6.07, 6.45) is 6.10. The maximum absolute atomic E-state index is 12.3. The fourth-order valence-corrected chi connectivity index (χ4v) is 3.46. The zero-order chi connectivity index (χ0) is 14.7. The van der Waals surface area contributed by atoms with Crippen molar-refractivity contribution >= 4 is 17.5 Å². The first-order valence-corrected chi connectivity index (χ1v) is 8.18. The number of carbonyl (C=O) groups excluding carboxylic acids is 1. The van der Waals surface area contributed by atoms with Gasteiger partial charge in [-0.25, -0.2) is 0 Å². The Kier molecular flexibility index (Phi) is 4.25. The number of aromatic nitrogens is 1. The lowest BCUT2D eigenvalue weighted by Crippen LogP contribution is -2.28. The second-order valence-corrected chi connectivity index (χ2v) is 6.26. The summed E-state index contributed by atoms with van der Waals surface area (Å²) in [7, 11) is 0. The van der Waals surface area contributed by atoms with Crippen molar-refractivity contribution in [1.29, 1.82) is 0 Å². The third-order valence-corrected chi connectivity index (χ3v) is 4.83. The van der Waals surface area contributed by atoms with Gasteiger partial charge in [0.1, 0.15) is 0 Å². The largest absolute Gasteiger partial charge is 0.618 e. The van der Waals surface area contributed by atoms with Crippen molar-refractivity contribution in [3.05, 3.63) is 64.5 Å². The van der Waals surface area contributed by atoms with Crippen LogP contribution in [0, 0.1) is 5.21 Å². The summed E-state index contributed by atoms with van der Waals surface area (Å²) in [5.74, 6) is 0.377. The fraction of sp³-hybridized carbons (Fsp3) is 0.294. The highest BCUT2D eigenvalue weighted by Crippen LogP contribution is 2.23. The Morgan fingerprint density at radius 1 is 1.14 bits per heavy atom. The first-order chi connectivity index (χ1) is 10.2. The summed E-state index contributed by atoms with van der Waals surface area (Å²) in [6, 6.07) is 11.3. The monoisotopic (exact) mass is 299 g/mol. The molecule has 0 radical (unpaired) electrons. The summed E-state index contributed by atoms with van der Waals surface area (Å²) >= 11 is 1.29. The molecule has 0 spiro atoms. The van der Waals surface area contributed by atoms with E-state index in [2.05, 4.69) is 6.07 Å². The van der Waals surface area contributed by atoms with Crippen molar-refractivity contribution in [1.82, 2.24) is 0 Å². The smallest absolute Gasteiger partial charge is 0.251 e. The second-order valence-electron chi connectivity index (χ2n) is 5.27. The van der Waals surface area contributed by atoms with E-state index < -0.39 is 0 Å². The van der Waals surface area contributed by atoms with Gasteiger partial charge in [0.25, 0.3) is 5.03 Å². The lowest BCUT2D eigenvalue weighted by atomic mass is 9.90. The Morgan fingerprint density at radius 2 is 1.95 bits per heavy atom. The standard InChI is InChI=1S/C17H17NO2S/c19-16(12-21-17-7-3-4-10-18(17)20)15-9-8-13-5-1-2-6-14(13)11-15/h3-4,7-11H,1-2,5-6,12H2. The SMILES string of the molecule is O=C(CSc1cccc[n+]1[O-])c1ccc2c(c1)CCCC2. The predicted octanol–water partition coefficient (Wildman–Crippen LogP) is 3.17. The first kappa shape index (κ1) is 14.1. The van der Waals surface area contributed by atoms with E-state index in [0.29, 0.717) is 10.8 Å². The molecule has 0 aliphatic heterocycles. The minimum Gasteiger partial charge on any atom is -0.618 e. The van der Waals surface area contributed by atoms with Gasteiger partial charge in [-0.3, -0.25) is 4.79 Å². The molecule has 4 heteroatoms. The Labute approximate surface area is 128 Å². The molecule has 0 saturated carbocycles. The van der Waals surface area contributed by atoms with E-state index >= 15 is 0 Å². The summed E-state index contributed by atoms with van der Waals surface area (Å²) in [4.78, 5) is 12.3. The van der Waals surface area contributed by atoms with Gasteiger partial charge >= 0.3 is 0 Å². The number of benzene rings is 1. The van der Waals surface area contributed by atoms with Crippen molar-refractivity contribution in [2.24, 2.45) is 0 Å². The van der Waals surface area contributed by atoms with Gasteiger partial charge in [0, 0.05) is 17.7 Å². The van der Waals surface area contributed by atoms with E-state index in [4.69, 9.17) is 0 Å². The summed E-state index contributed by atoms with van der Waals surface area (Å²) < 4.78 is 0.796. The molecular formula is C17H17NO2S. The molecular weight excluding hydrogens is 282 g/mol. The topological polar surface area (TPSA) is 44.0 Å². The quantitative estimate of drug-likeness (QED) is 0.377. The van der Waals surface area contributed by atoms with E-state index in [1.165, 1.54) is 41.9 Å². The van der Waals surface area contributed by atoms with Gasteiger partial charge < -0.3 is 5.21 Å². The highest BCUT2D eigenvalue weighted by atomic mass is 32.2. The number of ketones is 1. The van der Waals surface area contributed by atoms with Crippen LogP contribution in [0.3, 0.4) is 0 Å². The Balaban J connectivity index is 1.69. The van der Waals surface area contributed by atoms with Crippen LogP contribution in [0.15, 0.2) is 47.6 Å². The molecule has 1 aromatic carbocycles. The van der Waals surface area contributed by atoms with Crippen LogP contribution in [0.25, 0.3) is 0 Å². The zero-order valence-electron chi connectivity index (χ0n) is 11.7. The number of fused-ring (bicyclic) bond motifs is 1. The van der Waals surface area contributed by atoms with Crippen LogP contribution in [0.5, 0.6) is 0 Å². The average molecular weight is 299 g/mol. The van der Waals surface area contributed by atoms with Gasteiger partial charge in [0.15, 0.2) is 12.0 Å². The van der Waals surface area contributed by atoms with Gasteiger partial charge in [-0.15, -0.1) is 0 Å². The normalized spacial score (nSPS) is 13.7. The van der Waals surface area contributed by atoms with E-state index in [1.807, 2.05) is 12.1 Å². The number of pyridine rings is 1. The van der Waals surface area contributed by atoms with Gasteiger partial charge in [0.2, 0.25) is 0 Å². The number of rotatable bonds is 4. The molecule has 1 aromatic heterocycles. The maximum atomic E-state index is 12.3. The van der Waals surface area contributed by atoms with E-state index in [9.17, 15) is 10.0 Å². The van der Waals surface area contributed by atoms with Crippen LogP contribution >= 0.6 is 11.8 Å². The molecule has 0 fully saturated rings. The van der Waals surface area contributed by atoms with E-state index in [0.717, 1.165) is 23.1 Å². The Hall–Kier alpha value is -1.81. The Morgan fingerprint density at radius 3 is 2.76 bits per heavy atom. The highest BCUT2D eigenvalue weighted by Gasteiger charge is 2.14. The van der Waals surface area contributed by atoms with E-state index in [1.54, 1.807) is 18.2 Å². The predicted molar refractivity (Wildman–Crippen MR) is 83.5 cm³/mol. The van der Waals surface area contributed by atoms with Crippen LogP contribution < -0.4 is 4.73 Å². The molecule has 0 atom stereocenters. The zero-order valence-corrected chi connectivity index (χ0v) is 12.6. The van der Waals surface area contributed by atoms with E-state index in [-0.39, 0.29) is 5.78 Å². The van der Waals surface area contributed by atoms with Crippen molar-refractivity contribution < 1.29 is 9.52 Å². The number of carbonyl (C=O) groups is 1. The lowest BCUT2D eigenvalue weighted by Gasteiger charge is -2.16. The van der Waals surface area contributed by atoms with Crippen molar-refractivity contribution in [3.8, 4) is 0 Å². The van der Waals surface area contributed by atoms with Crippen LogP contribution in [-0.4, -0.2) is 11.5 Å². The van der Waals surface area contributed by atoms with Crippen LogP contribution in [0.2, 0.25) is 0 Å². The summed E-state index contributed by atoms with van der Waals surface area (Å²) in [6.45, 7) is 0. The number of nitrogens with zero attached hydrogens (tertiary/aromatic N) is 1. The minimum absolute atomic E-state index is 0.0808. The van der Waals surface area contributed by atoms with Gasteiger partial charge in [-0.1, -0.05) is 12.1 Å². The summed E-state index contributed by atoms with van der Waals surface area (Å²) in [5, 5.41) is 12.1. The molecule has 0 amide bonds. The number of aryl methyl sites for hydroxylation is 2. The molecule has 2 aromatic rings. The molecule has 21 heavy (non-hydrogen) atoms. The molecule has 0 saturated heterocycles. The number of Topliss-reactive ketones (excluding diaryl/α,β-unsaturated/α-hetero) is 1. The van der Waals surface area contributed by atoms with Gasteiger partial charge in [0.05, 0.1) is 5.75 Å². The minimum atomic E-state index is 0.0808. The maximum Gasteiger partial charge on any atom is 0.251 e. The van der Waals surface area contributed by atoms with Crippen molar-refractivity contribution in [2.75, 3.05) is 5.75 Å². The molecule has 1 aliphatic carbocycles. The van der Waals surface area contributed by atoms with Gasteiger partial charge in [-0.2, -0.15) is 4.73 Å². The number of hydrogen-bond donors (Lipinski definition) is 0. The number of thioether (sulfide) groups is 1. The molecule has 3 rings (SSSR count). The second kappa shape index (κ2) is 6.31. The fourth-order valence-electron chi connectivity index (χ4n) is 2.65. The Bertz CT molecular complexity index is 670. The molecule has 0 N–H and O–H groups in total. The van der Waals surface area contributed by atoms with Crippen LogP contribution in [-0.2, 0) is 12.8 Å². The first-order valence-electron chi connectivity index (χ1n) is 7.20. The number of hydrogen-bond acceptors (Lipinski definition) is 3. The van der Waals surface area contributed by atoms with Gasteiger partial charge in [-0.05, 0) is 60.7 Å². The average Bonchev–Trinajstić information content (AvgIpc) is 2.53. The molecule has 3 nitrogen and oxygen atoms in total. The molecule has 108 valence electrons. The third-order valence-electron chi connectivity index (χ3n) is 3.81. The molecule has 0 unspecified atom stereocenters. The van der Waals surface area contributed by atoms with Crippen LogP contribution in [0.4, 0.5) is 0 Å². The highest BCUT2D eigenvalue weighted by molar-refractivity contribution is 7.99. The van der Waals surface area contributed by atoms with Crippen LogP contribution in [0.1, 0.15) is 34.3 Å². The lowest BCUT2D eigenvalue weighted by molar-refractivity contribution is -0.645. The van der Waals surface area contributed by atoms with Crippen molar-refractivity contribution in [2.45, 2.75) is 30.7 Å². The third kappa shape index (κ3) is 3.27. The molecule has 0 bridgehead atoms. The summed E-state index contributed by atoms with van der Waals surface area (Å²) in [5.41, 5.74) is 3.46. The van der Waals surface area contributed by atoms with Crippen molar-refractivity contribution in [3.63, 3.8) is 0 Å². The molecule has 1 aliphatic rings. The molecule has 1 heterocycles.